The summed E-state index contributed by atoms with van der Waals surface area (Å²) in [6.45, 7) is 1.49. The van der Waals surface area contributed by atoms with Crippen molar-refractivity contribution in [3.63, 3.8) is 0 Å². The van der Waals surface area contributed by atoms with Crippen molar-refractivity contribution in [3.8, 4) is 17.2 Å². The van der Waals surface area contributed by atoms with Crippen LogP contribution in [-0.2, 0) is 0 Å². The van der Waals surface area contributed by atoms with E-state index in [1.807, 2.05) is 0 Å². The van der Waals surface area contributed by atoms with Crippen LogP contribution in [0.2, 0.25) is 0 Å². The molecule has 0 fully saturated rings. The van der Waals surface area contributed by atoms with Crippen LogP contribution in [0.1, 0.15) is 21.7 Å². The molecule has 0 unspecified atom stereocenters. The zero-order valence-corrected chi connectivity index (χ0v) is 12.0. The summed E-state index contributed by atoms with van der Waals surface area (Å²) in [6, 6.07) is 5.96. The molecule has 114 valence electrons. The molecule has 6 heteroatoms. The SMILES string of the molecule is COc1cccc(C=CC(=O)c2c(O)cc(C)oc2=O)c1O. The summed E-state index contributed by atoms with van der Waals surface area (Å²) in [6.07, 6.45) is 2.38. The molecule has 2 N–H and O–H groups in total. The first-order chi connectivity index (χ1) is 10.4. The van der Waals surface area contributed by atoms with E-state index in [-0.39, 0.29) is 17.3 Å². The molecule has 1 heterocycles. The topological polar surface area (TPSA) is 97.0 Å². The van der Waals surface area contributed by atoms with E-state index in [0.29, 0.717) is 5.56 Å². The summed E-state index contributed by atoms with van der Waals surface area (Å²) in [4.78, 5) is 23.6. The van der Waals surface area contributed by atoms with Gasteiger partial charge in [-0.25, -0.2) is 4.79 Å². The van der Waals surface area contributed by atoms with Crippen LogP contribution in [0.3, 0.4) is 0 Å². The molecule has 0 bridgehead atoms. The highest BCUT2D eigenvalue weighted by molar-refractivity contribution is 6.08. The first-order valence-corrected chi connectivity index (χ1v) is 6.36. The number of rotatable bonds is 4. The number of hydrogen-bond donors (Lipinski definition) is 2. The van der Waals surface area contributed by atoms with Crippen molar-refractivity contribution in [3.05, 3.63) is 57.6 Å². The van der Waals surface area contributed by atoms with E-state index in [2.05, 4.69) is 0 Å². The number of aryl methyl sites for hydroxylation is 1. The summed E-state index contributed by atoms with van der Waals surface area (Å²) in [5.41, 5.74) is -1.03. The Kier molecular flexibility index (Phi) is 4.31. The van der Waals surface area contributed by atoms with Crippen LogP contribution >= 0.6 is 0 Å². The number of para-hydroxylation sites is 1. The van der Waals surface area contributed by atoms with Crippen molar-refractivity contribution < 1.29 is 24.2 Å². The Hall–Kier alpha value is -3.02. The number of ketones is 1. The predicted octanol–water partition coefficient (Wildman–Crippen LogP) is 2.26. The van der Waals surface area contributed by atoms with Crippen molar-refractivity contribution in [1.29, 1.82) is 0 Å². The van der Waals surface area contributed by atoms with Crippen LogP contribution in [-0.4, -0.2) is 23.1 Å². The minimum absolute atomic E-state index is 0.130. The van der Waals surface area contributed by atoms with Gasteiger partial charge in [0.2, 0.25) is 0 Å². The molecular weight excluding hydrogens is 288 g/mol. The van der Waals surface area contributed by atoms with Crippen LogP contribution in [0.15, 0.2) is 39.6 Å². The Morgan fingerprint density at radius 1 is 1.32 bits per heavy atom. The minimum Gasteiger partial charge on any atom is -0.507 e. The smallest absolute Gasteiger partial charge is 0.351 e. The van der Waals surface area contributed by atoms with Gasteiger partial charge in [-0.3, -0.25) is 4.79 Å². The number of carbonyl (C=O) groups is 1. The second-order valence-electron chi connectivity index (χ2n) is 4.50. The van der Waals surface area contributed by atoms with Gasteiger partial charge in [0.25, 0.3) is 0 Å². The Morgan fingerprint density at radius 2 is 2.05 bits per heavy atom. The molecule has 0 saturated heterocycles. The summed E-state index contributed by atoms with van der Waals surface area (Å²) in [5, 5.41) is 19.6. The number of aromatic hydroxyl groups is 2. The number of hydrogen-bond acceptors (Lipinski definition) is 6. The van der Waals surface area contributed by atoms with Gasteiger partial charge in [0.1, 0.15) is 17.1 Å². The van der Waals surface area contributed by atoms with E-state index >= 15 is 0 Å². The van der Waals surface area contributed by atoms with Crippen molar-refractivity contribution in [2.75, 3.05) is 7.11 Å². The monoisotopic (exact) mass is 302 g/mol. The molecule has 22 heavy (non-hydrogen) atoms. The molecule has 0 spiro atoms. The summed E-state index contributed by atoms with van der Waals surface area (Å²) < 4.78 is 9.74. The van der Waals surface area contributed by atoms with E-state index in [1.54, 1.807) is 18.2 Å². The highest BCUT2D eigenvalue weighted by Gasteiger charge is 2.16. The highest BCUT2D eigenvalue weighted by atomic mass is 16.5. The third kappa shape index (κ3) is 3.01. The van der Waals surface area contributed by atoms with E-state index < -0.39 is 22.7 Å². The van der Waals surface area contributed by atoms with Gasteiger partial charge in [-0.05, 0) is 25.1 Å². The Bertz CT molecular complexity index is 801. The molecule has 0 aliphatic carbocycles. The van der Waals surface area contributed by atoms with Crippen LogP contribution in [0.25, 0.3) is 6.08 Å². The summed E-state index contributed by atoms with van der Waals surface area (Å²) in [5.74, 6) is -0.846. The van der Waals surface area contributed by atoms with Gasteiger partial charge in [0.15, 0.2) is 17.3 Å². The fourth-order valence-electron chi connectivity index (χ4n) is 1.91. The van der Waals surface area contributed by atoms with Gasteiger partial charge >= 0.3 is 5.63 Å². The Labute approximate surface area is 125 Å². The van der Waals surface area contributed by atoms with Crippen molar-refractivity contribution in [2.45, 2.75) is 6.92 Å². The zero-order chi connectivity index (χ0) is 16.3. The lowest BCUT2D eigenvalue weighted by Gasteiger charge is -2.05. The van der Waals surface area contributed by atoms with Gasteiger partial charge in [-0.15, -0.1) is 0 Å². The Balaban J connectivity index is 2.36. The summed E-state index contributed by atoms with van der Waals surface area (Å²) >= 11 is 0. The second-order valence-corrected chi connectivity index (χ2v) is 4.50. The molecule has 0 aliphatic heterocycles. The molecule has 0 aliphatic rings. The maximum atomic E-state index is 12.0. The molecule has 0 amide bonds. The Morgan fingerprint density at radius 3 is 2.68 bits per heavy atom. The molecular formula is C16H14O6. The van der Waals surface area contributed by atoms with Crippen molar-refractivity contribution in [2.24, 2.45) is 0 Å². The molecule has 6 nitrogen and oxygen atoms in total. The lowest BCUT2D eigenvalue weighted by atomic mass is 10.1. The van der Waals surface area contributed by atoms with Crippen LogP contribution in [0.4, 0.5) is 0 Å². The molecule has 2 aromatic rings. The molecule has 1 aromatic carbocycles. The van der Waals surface area contributed by atoms with E-state index in [4.69, 9.17) is 9.15 Å². The average Bonchev–Trinajstić information content (AvgIpc) is 2.45. The van der Waals surface area contributed by atoms with Crippen LogP contribution < -0.4 is 10.4 Å². The number of phenolic OH excluding ortho intramolecular Hbond substituents is 1. The quantitative estimate of drug-likeness (QED) is 0.664. The van der Waals surface area contributed by atoms with Gasteiger partial charge in [0, 0.05) is 11.6 Å². The van der Waals surface area contributed by atoms with Crippen LogP contribution in [0.5, 0.6) is 17.2 Å². The number of carbonyl (C=O) groups excluding carboxylic acids is 1. The minimum atomic E-state index is -0.915. The average molecular weight is 302 g/mol. The third-order valence-corrected chi connectivity index (χ3v) is 2.96. The number of benzene rings is 1. The van der Waals surface area contributed by atoms with Crippen molar-refractivity contribution >= 4 is 11.9 Å². The lowest BCUT2D eigenvalue weighted by Crippen LogP contribution is -2.12. The summed E-state index contributed by atoms with van der Waals surface area (Å²) in [7, 11) is 1.41. The zero-order valence-electron chi connectivity index (χ0n) is 12.0. The molecule has 1 aromatic heterocycles. The first-order valence-electron chi connectivity index (χ1n) is 6.36. The second kappa shape index (κ2) is 6.17. The number of methoxy groups -OCH3 is 1. The van der Waals surface area contributed by atoms with E-state index in [1.165, 1.54) is 26.2 Å². The van der Waals surface area contributed by atoms with Crippen molar-refractivity contribution in [1.82, 2.24) is 0 Å². The number of allylic oxidation sites excluding steroid dienone is 1. The van der Waals surface area contributed by atoms with Crippen LogP contribution in [0, 0.1) is 6.92 Å². The van der Waals surface area contributed by atoms with Gasteiger partial charge in [-0.1, -0.05) is 12.1 Å². The molecule has 0 atom stereocenters. The normalized spacial score (nSPS) is 10.8. The number of phenols is 1. The van der Waals surface area contributed by atoms with Gasteiger partial charge in [-0.2, -0.15) is 0 Å². The highest BCUT2D eigenvalue weighted by Crippen LogP contribution is 2.30. The fraction of sp³-hybridized carbons (Fsp3) is 0.125. The standard InChI is InChI=1S/C16H14O6/c1-9-8-12(18)14(16(20)22-9)11(17)7-6-10-4-3-5-13(21-2)15(10)19/h3-8,18-19H,1-2H3. The van der Waals surface area contributed by atoms with Gasteiger partial charge in [0.05, 0.1) is 7.11 Å². The van der Waals surface area contributed by atoms with E-state index in [0.717, 1.165) is 6.08 Å². The largest absolute Gasteiger partial charge is 0.507 e. The fourth-order valence-corrected chi connectivity index (χ4v) is 1.91. The molecule has 0 radical (unpaired) electrons. The third-order valence-electron chi connectivity index (χ3n) is 2.96. The molecule has 2 rings (SSSR count). The van der Waals surface area contributed by atoms with Gasteiger partial charge < -0.3 is 19.4 Å². The maximum absolute atomic E-state index is 12.0. The predicted molar refractivity (Wildman–Crippen MR) is 79.4 cm³/mol. The van der Waals surface area contributed by atoms with E-state index in [9.17, 15) is 19.8 Å². The maximum Gasteiger partial charge on any atom is 0.351 e. The lowest BCUT2D eigenvalue weighted by molar-refractivity contribution is 0.104. The first kappa shape index (κ1) is 15.4. The molecule has 0 saturated carbocycles. The number of ether oxygens (including phenoxy) is 1.